The summed E-state index contributed by atoms with van der Waals surface area (Å²) in [4.78, 5) is 17.7. The molecule has 3 nitrogen and oxygen atoms in total. The van der Waals surface area contributed by atoms with E-state index in [0.29, 0.717) is 16.3 Å². The van der Waals surface area contributed by atoms with Gasteiger partial charge in [0, 0.05) is 10.6 Å². The molecular weight excluding hydrogens is 344 g/mol. The Balaban J connectivity index is 1.93. The molecule has 4 aromatic rings. The number of nitrogens with zero attached hydrogens (tertiary/aromatic N) is 2. The van der Waals surface area contributed by atoms with E-state index >= 15 is 0 Å². The van der Waals surface area contributed by atoms with E-state index < -0.39 is 0 Å². The fourth-order valence-electron chi connectivity index (χ4n) is 2.87. The van der Waals surface area contributed by atoms with Crippen LogP contribution >= 0.6 is 11.6 Å². The molecule has 3 aromatic carbocycles. The summed E-state index contributed by atoms with van der Waals surface area (Å²) in [5, 5.41) is 0.593. The second kappa shape index (κ2) is 6.98. The van der Waals surface area contributed by atoms with Gasteiger partial charge in [0.05, 0.1) is 16.7 Å². The number of fused-ring (bicyclic) bond motifs is 1. The van der Waals surface area contributed by atoms with Crippen molar-refractivity contribution in [2.75, 3.05) is 0 Å². The summed E-state index contributed by atoms with van der Waals surface area (Å²) in [7, 11) is 0. The van der Waals surface area contributed by atoms with Gasteiger partial charge < -0.3 is 0 Å². The summed E-state index contributed by atoms with van der Waals surface area (Å²) in [6.07, 6.45) is 3.49. The number of ketones is 1. The molecule has 0 saturated carbocycles. The Morgan fingerprint density at radius 1 is 0.885 bits per heavy atom. The van der Waals surface area contributed by atoms with E-state index in [4.69, 9.17) is 11.6 Å². The molecule has 0 atom stereocenters. The second-order valence-corrected chi connectivity index (χ2v) is 6.26. The number of hydrogen-bond acceptors (Lipinski definition) is 2. The van der Waals surface area contributed by atoms with Crippen LogP contribution in [0.2, 0.25) is 5.02 Å². The molecule has 0 aliphatic rings. The van der Waals surface area contributed by atoms with Gasteiger partial charge in [-0.3, -0.25) is 9.36 Å². The van der Waals surface area contributed by atoms with E-state index in [9.17, 15) is 4.79 Å². The zero-order valence-electron chi connectivity index (χ0n) is 13.8. The van der Waals surface area contributed by atoms with Crippen LogP contribution in [0.5, 0.6) is 0 Å². The Morgan fingerprint density at radius 3 is 2.38 bits per heavy atom. The number of carbonyl (C=O) groups excluding carboxylic acids is 1. The zero-order valence-corrected chi connectivity index (χ0v) is 14.6. The van der Waals surface area contributed by atoms with Gasteiger partial charge in [0.1, 0.15) is 6.33 Å². The minimum Gasteiger partial charge on any atom is -0.295 e. The highest BCUT2D eigenvalue weighted by Crippen LogP contribution is 2.25. The summed E-state index contributed by atoms with van der Waals surface area (Å²) in [5.41, 5.74) is 3.60. The summed E-state index contributed by atoms with van der Waals surface area (Å²) >= 11 is 6.32. The number of allylic oxidation sites excluding steroid dienone is 1. The highest BCUT2D eigenvalue weighted by molar-refractivity contribution is 6.34. The number of halogens is 1. The molecule has 1 aromatic heterocycles. The topological polar surface area (TPSA) is 34.9 Å². The lowest BCUT2D eigenvalue weighted by Gasteiger charge is -2.10. The predicted molar refractivity (Wildman–Crippen MR) is 106 cm³/mol. The molecule has 0 unspecified atom stereocenters. The van der Waals surface area contributed by atoms with Crippen molar-refractivity contribution in [1.82, 2.24) is 9.55 Å². The van der Waals surface area contributed by atoms with Crippen LogP contribution in [0.3, 0.4) is 0 Å². The molecule has 0 N–H and O–H groups in total. The SMILES string of the molecule is O=C(/C(=C/c1ccccc1Cl)n1cnc2ccccc21)c1ccccc1. The van der Waals surface area contributed by atoms with Crippen LogP contribution < -0.4 is 0 Å². The first-order valence-electron chi connectivity index (χ1n) is 8.22. The first kappa shape index (κ1) is 16.3. The van der Waals surface area contributed by atoms with Crippen LogP contribution in [0.25, 0.3) is 22.8 Å². The molecule has 4 heteroatoms. The Labute approximate surface area is 156 Å². The van der Waals surface area contributed by atoms with E-state index in [1.807, 2.05) is 89.5 Å². The molecule has 1 heterocycles. The Kier molecular flexibility index (Phi) is 4.38. The number of Topliss-reactive ketones (excluding diaryl/α,β-unsaturated/α-hetero) is 1. The van der Waals surface area contributed by atoms with Crippen LogP contribution in [0.4, 0.5) is 0 Å². The minimum atomic E-state index is -0.0892. The third-order valence-corrected chi connectivity index (χ3v) is 4.52. The summed E-state index contributed by atoms with van der Waals surface area (Å²) in [6, 6.07) is 24.4. The molecule has 0 fully saturated rings. The number of para-hydroxylation sites is 2. The highest BCUT2D eigenvalue weighted by Gasteiger charge is 2.17. The van der Waals surface area contributed by atoms with E-state index in [1.54, 1.807) is 6.33 Å². The fourth-order valence-corrected chi connectivity index (χ4v) is 3.06. The van der Waals surface area contributed by atoms with Crippen LogP contribution in [-0.2, 0) is 0 Å². The molecule has 0 saturated heterocycles. The predicted octanol–water partition coefficient (Wildman–Crippen LogP) is 5.57. The van der Waals surface area contributed by atoms with Crippen molar-refractivity contribution in [1.29, 1.82) is 0 Å². The molecule has 126 valence electrons. The van der Waals surface area contributed by atoms with Gasteiger partial charge in [-0.1, -0.05) is 72.3 Å². The normalized spacial score (nSPS) is 11.7. The van der Waals surface area contributed by atoms with Crippen molar-refractivity contribution >= 4 is 40.2 Å². The van der Waals surface area contributed by atoms with Gasteiger partial charge in [0.2, 0.25) is 5.78 Å². The zero-order chi connectivity index (χ0) is 17.9. The summed E-state index contributed by atoms with van der Waals surface area (Å²) < 4.78 is 1.81. The Bertz CT molecular complexity index is 1110. The van der Waals surface area contributed by atoms with Crippen LogP contribution in [0.1, 0.15) is 15.9 Å². The quantitative estimate of drug-likeness (QED) is 0.353. The van der Waals surface area contributed by atoms with Crippen molar-refractivity contribution in [2.24, 2.45) is 0 Å². The molecule has 0 spiro atoms. The molecule has 0 aliphatic heterocycles. The fraction of sp³-hybridized carbons (Fsp3) is 0. The van der Waals surface area contributed by atoms with Crippen LogP contribution in [0, 0.1) is 0 Å². The van der Waals surface area contributed by atoms with Gasteiger partial charge in [0.15, 0.2) is 0 Å². The number of carbonyl (C=O) groups is 1. The van der Waals surface area contributed by atoms with E-state index in [2.05, 4.69) is 4.98 Å². The van der Waals surface area contributed by atoms with Crippen molar-refractivity contribution in [3.63, 3.8) is 0 Å². The third kappa shape index (κ3) is 3.05. The molecule has 0 aliphatic carbocycles. The van der Waals surface area contributed by atoms with Crippen molar-refractivity contribution in [3.05, 3.63) is 101 Å². The number of imidazole rings is 1. The lowest BCUT2D eigenvalue weighted by molar-refractivity contribution is 0.105. The van der Waals surface area contributed by atoms with Crippen molar-refractivity contribution in [2.45, 2.75) is 0 Å². The second-order valence-electron chi connectivity index (χ2n) is 5.85. The van der Waals surface area contributed by atoms with Gasteiger partial charge in [-0.2, -0.15) is 0 Å². The lowest BCUT2D eigenvalue weighted by atomic mass is 10.1. The third-order valence-electron chi connectivity index (χ3n) is 4.18. The average Bonchev–Trinajstić information content (AvgIpc) is 3.11. The summed E-state index contributed by atoms with van der Waals surface area (Å²) in [5.74, 6) is -0.0892. The molecular formula is C22H15ClN2O. The lowest BCUT2D eigenvalue weighted by Crippen LogP contribution is -2.08. The number of benzene rings is 3. The number of rotatable bonds is 4. The van der Waals surface area contributed by atoms with Crippen LogP contribution in [0.15, 0.2) is 85.2 Å². The van der Waals surface area contributed by atoms with Gasteiger partial charge in [-0.15, -0.1) is 0 Å². The molecule has 0 amide bonds. The Hall–Kier alpha value is -3.17. The average molecular weight is 359 g/mol. The summed E-state index contributed by atoms with van der Waals surface area (Å²) in [6.45, 7) is 0. The van der Waals surface area contributed by atoms with E-state index in [-0.39, 0.29) is 5.78 Å². The van der Waals surface area contributed by atoms with E-state index in [1.165, 1.54) is 0 Å². The van der Waals surface area contributed by atoms with Gasteiger partial charge in [-0.25, -0.2) is 4.98 Å². The van der Waals surface area contributed by atoms with Crippen molar-refractivity contribution < 1.29 is 4.79 Å². The first-order chi connectivity index (χ1) is 12.7. The first-order valence-corrected chi connectivity index (χ1v) is 8.60. The Morgan fingerprint density at radius 2 is 1.58 bits per heavy atom. The molecule has 4 rings (SSSR count). The van der Waals surface area contributed by atoms with Gasteiger partial charge in [0.25, 0.3) is 0 Å². The van der Waals surface area contributed by atoms with Gasteiger partial charge in [-0.05, 0) is 29.8 Å². The number of hydrogen-bond donors (Lipinski definition) is 0. The maximum absolute atomic E-state index is 13.2. The van der Waals surface area contributed by atoms with E-state index in [0.717, 1.165) is 16.6 Å². The molecule has 0 radical (unpaired) electrons. The maximum atomic E-state index is 13.2. The molecule has 0 bridgehead atoms. The largest absolute Gasteiger partial charge is 0.295 e. The monoisotopic (exact) mass is 358 g/mol. The smallest absolute Gasteiger partial charge is 0.209 e. The molecule has 26 heavy (non-hydrogen) atoms. The highest BCUT2D eigenvalue weighted by atomic mass is 35.5. The van der Waals surface area contributed by atoms with Crippen LogP contribution in [-0.4, -0.2) is 15.3 Å². The number of aromatic nitrogens is 2. The van der Waals surface area contributed by atoms with Gasteiger partial charge >= 0.3 is 0 Å². The maximum Gasteiger partial charge on any atom is 0.209 e. The minimum absolute atomic E-state index is 0.0892. The van der Waals surface area contributed by atoms with Crippen molar-refractivity contribution in [3.8, 4) is 0 Å². The standard InChI is InChI=1S/C22H15ClN2O/c23-18-11-5-4-10-17(18)14-21(22(26)16-8-2-1-3-9-16)25-15-24-19-12-6-7-13-20(19)25/h1-15H/b21-14-.